The van der Waals surface area contributed by atoms with Crippen molar-refractivity contribution >= 4 is 23.5 Å². The Labute approximate surface area is 151 Å². The molecule has 26 heavy (non-hydrogen) atoms. The van der Waals surface area contributed by atoms with Crippen molar-refractivity contribution in [2.45, 2.75) is 13.8 Å². The van der Waals surface area contributed by atoms with Crippen LogP contribution in [0.15, 0.2) is 41.4 Å². The summed E-state index contributed by atoms with van der Waals surface area (Å²) in [5.74, 6) is 0.449. The van der Waals surface area contributed by atoms with Crippen molar-refractivity contribution < 1.29 is 14.5 Å². The van der Waals surface area contributed by atoms with E-state index in [1.807, 2.05) is 32.0 Å². The first-order valence-corrected chi connectivity index (χ1v) is 8.24. The molecule has 7 heteroatoms. The van der Waals surface area contributed by atoms with Crippen LogP contribution >= 0.6 is 0 Å². The lowest BCUT2D eigenvalue weighted by Crippen LogP contribution is -2.37. The summed E-state index contributed by atoms with van der Waals surface area (Å²) in [7, 11) is 0. The Kier molecular flexibility index (Phi) is 4.97. The van der Waals surface area contributed by atoms with Crippen LogP contribution in [0.2, 0.25) is 0 Å². The van der Waals surface area contributed by atoms with Gasteiger partial charge in [-0.15, -0.1) is 0 Å². The third-order valence-electron chi connectivity index (χ3n) is 4.18. The van der Waals surface area contributed by atoms with Crippen molar-refractivity contribution in [1.82, 2.24) is 0 Å². The molecule has 1 heterocycles. The van der Waals surface area contributed by atoms with E-state index in [0.29, 0.717) is 30.1 Å². The zero-order chi connectivity index (χ0) is 18.7. The SMILES string of the molecule is Cc1ccc(OCC(=O)N2CCN=Cc3cc([N+](=O)[O-])ccc32)c(C)c1. The Hall–Kier alpha value is -3.22. The lowest BCUT2D eigenvalue weighted by atomic mass is 10.1. The molecule has 1 aliphatic rings. The number of carbonyl (C=O) groups excluding carboxylic acids is 1. The molecule has 0 bridgehead atoms. The fraction of sp³-hybridized carbons (Fsp3) is 0.263. The molecule has 1 amide bonds. The van der Waals surface area contributed by atoms with Gasteiger partial charge in [0.05, 0.1) is 17.2 Å². The fourth-order valence-corrected chi connectivity index (χ4v) is 2.88. The molecule has 0 saturated carbocycles. The van der Waals surface area contributed by atoms with Gasteiger partial charge >= 0.3 is 0 Å². The average Bonchev–Trinajstić information content (AvgIpc) is 2.82. The lowest BCUT2D eigenvalue weighted by Gasteiger charge is -2.22. The molecule has 0 aliphatic carbocycles. The second-order valence-electron chi connectivity index (χ2n) is 6.14. The minimum Gasteiger partial charge on any atom is -0.483 e. The molecule has 0 unspecified atom stereocenters. The number of aryl methyl sites for hydroxylation is 2. The molecule has 0 aromatic heterocycles. The van der Waals surface area contributed by atoms with Gasteiger partial charge in [0.1, 0.15) is 5.75 Å². The molecule has 2 aromatic carbocycles. The van der Waals surface area contributed by atoms with Gasteiger partial charge in [0.2, 0.25) is 0 Å². The lowest BCUT2D eigenvalue weighted by molar-refractivity contribution is -0.384. The molecule has 2 aromatic rings. The topological polar surface area (TPSA) is 85.0 Å². The first-order valence-electron chi connectivity index (χ1n) is 8.24. The smallest absolute Gasteiger partial charge is 0.270 e. The van der Waals surface area contributed by atoms with Crippen LogP contribution in [0.5, 0.6) is 5.75 Å². The summed E-state index contributed by atoms with van der Waals surface area (Å²) in [4.78, 5) is 29.0. The van der Waals surface area contributed by atoms with E-state index in [4.69, 9.17) is 4.74 Å². The third kappa shape index (κ3) is 3.72. The van der Waals surface area contributed by atoms with Crippen LogP contribution in [0, 0.1) is 24.0 Å². The molecule has 0 saturated heterocycles. The van der Waals surface area contributed by atoms with Gasteiger partial charge in [0.15, 0.2) is 6.61 Å². The van der Waals surface area contributed by atoms with E-state index in [2.05, 4.69) is 4.99 Å². The number of anilines is 1. The molecule has 1 aliphatic heterocycles. The Morgan fingerprint density at radius 2 is 2.08 bits per heavy atom. The number of nitro benzene ring substituents is 1. The van der Waals surface area contributed by atoms with Crippen molar-refractivity contribution in [2.24, 2.45) is 4.99 Å². The number of non-ortho nitro benzene ring substituents is 1. The third-order valence-corrected chi connectivity index (χ3v) is 4.18. The fourth-order valence-electron chi connectivity index (χ4n) is 2.88. The molecule has 0 fully saturated rings. The standard InChI is InChI=1S/C19H19N3O4/c1-13-3-6-18(14(2)9-13)26-12-19(23)21-8-7-20-11-15-10-16(22(24)25)4-5-17(15)21/h3-6,9-11H,7-8,12H2,1-2H3. The molecule has 7 nitrogen and oxygen atoms in total. The highest BCUT2D eigenvalue weighted by molar-refractivity contribution is 6.01. The number of aliphatic imine (C=N–C) groups is 1. The Morgan fingerprint density at radius 3 is 2.81 bits per heavy atom. The van der Waals surface area contributed by atoms with Gasteiger partial charge in [-0.05, 0) is 31.5 Å². The number of benzodiazepines with no additional fused rings is 1. The predicted molar refractivity (Wildman–Crippen MR) is 99.3 cm³/mol. The minimum absolute atomic E-state index is 0.0315. The summed E-state index contributed by atoms with van der Waals surface area (Å²) in [6.45, 7) is 4.64. The summed E-state index contributed by atoms with van der Waals surface area (Å²) in [6, 6.07) is 10.2. The van der Waals surface area contributed by atoms with Gasteiger partial charge < -0.3 is 9.64 Å². The summed E-state index contributed by atoms with van der Waals surface area (Å²) >= 11 is 0. The zero-order valence-corrected chi connectivity index (χ0v) is 14.6. The number of fused-ring (bicyclic) bond motifs is 1. The quantitative estimate of drug-likeness (QED) is 0.624. The van der Waals surface area contributed by atoms with Crippen molar-refractivity contribution in [3.05, 3.63) is 63.2 Å². The number of nitrogens with zero attached hydrogens (tertiary/aromatic N) is 3. The number of ether oxygens (including phenoxy) is 1. The van der Waals surface area contributed by atoms with Crippen molar-refractivity contribution in [3.63, 3.8) is 0 Å². The van der Waals surface area contributed by atoms with E-state index in [1.165, 1.54) is 12.1 Å². The maximum absolute atomic E-state index is 12.7. The normalized spacial score (nSPS) is 13.1. The molecule has 0 radical (unpaired) electrons. The summed E-state index contributed by atoms with van der Waals surface area (Å²) in [5, 5.41) is 11.0. The van der Waals surface area contributed by atoms with Gasteiger partial charge in [-0.1, -0.05) is 17.7 Å². The maximum Gasteiger partial charge on any atom is 0.270 e. The Balaban J connectivity index is 1.79. The van der Waals surface area contributed by atoms with Gasteiger partial charge in [-0.25, -0.2) is 0 Å². The van der Waals surface area contributed by atoms with Crippen LogP contribution in [-0.4, -0.2) is 36.7 Å². The number of hydrogen-bond donors (Lipinski definition) is 0. The first-order chi connectivity index (χ1) is 12.5. The number of nitro groups is 1. The van der Waals surface area contributed by atoms with Gasteiger partial charge in [0, 0.05) is 30.5 Å². The summed E-state index contributed by atoms with van der Waals surface area (Å²) < 4.78 is 5.68. The zero-order valence-electron chi connectivity index (χ0n) is 14.6. The van der Waals surface area contributed by atoms with Crippen molar-refractivity contribution in [2.75, 3.05) is 24.6 Å². The highest BCUT2D eigenvalue weighted by Gasteiger charge is 2.22. The molecular formula is C19H19N3O4. The number of amides is 1. The Bertz CT molecular complexity index is 892. The molecule has 0 spiro atoms. The minimum atomic E-state index is -0.464. The number of rotatable bonds is 4. The maximum atomic E-state index is 12.7. The van der Waals surface area contributed by atoms with E-state index >= 15 is 0 Å². The van der Waals surface area contributed by atoms with Crippen LogP contribution in [0.4, 0.5) is 11.4 Å². The van der Waals surface area contributed by atoms with Crippen molar-refractivity contribution in [3.8, 4) is 5.75 Å². The second-order valence-corrected chi connectivity index (χ2v) is 6.14. The number of benzene rings is 2. The largest absolute Gasteiger partial charge is 0.483 e. The van der Waals surface area contributed by atoms with Crippen LogP contribution in [-0.2, 0) is 4.79 Å². The van der Waals surface area contributed by atoms with E-state index in [1.54, 1.807) is 17.2 Å². The predicted octanol–water partition coefficient (Wildman–Crippen LogP) is 3.06. The van der Waals surface area contributed by atoms with Crippen LogP contribution < -0.4 is 9.64 Å². The van der Waals surface area contributed by atoms with Crippen LogP contribution in [0.3, 0.4) is 0 Å². The molecule has 134 valence electrons. The van der Waals surface area contributed by atoms with E-state index < -0.39 is 4.92 Å². The van der Waals surface area contributed by atoms with Gasteiger partial charge in [-0.2, -0.15) is 0 Å². The summed E-state index contributed by atoms with van der Waals surface area (Å²) in [5.41, 5.74) is 3.22. The van der Waals surface area contributed by atoms with Crippen LogP contribution in [0.1, 0.15) is 16.7 Å². The highest BCUT2D eigenvalue weighted by Crippen LogP contribution is 2.26. The first kappa shape index (κ1) is 17.6. The van der Waals surface area contributed by atoms with E-state index in [0.717, 1.165) is 11.1 Å². The second kappa shape index (κ2) is 7.35. The van der Waals surface area contributed by atoms with E-state index in [9.17, 15) is 14.9 Å². The summed E-state index contributed by atoms with van der Waals surface area (Å²) in [6.07, 6.45) is 1.57. The number of carbonyl (C=O) groups is 1. The van der Waals surface area contributed by atoms with Gasteiger partial charge in [-0.3, -0.25) is 19.9 Å². The van der Waals surface area contributed by atoms with E-state index in [-0.39, 0.29) is 18.2 Å². The van der Waals surface area contributed by atoms with Gasteiger partial charge in [0.25, 0.3) is 11.6 Å². The monoisotopic (exact) mass is 353 g/mol. The molecule has 3 rings (SSSR count). The molecule has 0 atom stereocenters. The van der Waals surface area contributed by atoms with Crippen LogP contribution in [0.25, 0.3) is 0 Å². The molecule has 0 N–H and O–H groups in total. The highest BCUT2D eigenvalue weighted by atomic mass is 16.6. The number of hydrogen-bond acceptors (Lipinski definition) is 5. The average molecular weight is 353 g/mol. The molecular weight excluding hydrogens is 334 g/mol. The van der Waals surface area contributed by atoms with Crippen molar-refractivity contribution in [1.29, 1.82) is 0 Å². The Morgan fingerprint density at radius 1 is 1.27 bits per heavy atom.